The fourth-order valence-corrected chi connectivity index (χ4v) is 4.89. The number of halogens is 1. The third-order valence-corrected chi connectivity index (χ3v) is 6.76. The molecule has 0 amide bonds. The molecule has 8 nitrogen and oxygen atoms in total. The van der Waals surface area contributed by atoms with E-state index in [1.807, 2.05) is 12.1 Å². The second-order valence-electron chi connectivity index (χ2n) is 7.56. The third kappa shape index (κ3) is 4.89. The zero-order valence-electron chi connectivity index (χ0n) is 20.5. The maximum atomic E-state index is 13.7. The molecule has 188 valence electrons. The predicted molar refractivity (Wildman–Crippen MR) is 141 cm³/mol. The van der Waals surface area contributed by atoms with E-state index in [1.54, 1.807) is 64.8 Å². The SMILES string of the molecule is COc1ccc(-n2c(SCc3cc(OC)c(OC)c(OC)c3)nc3ccc(Cl)cc3c2=O)c(OC)c1. The van der Waals surface area contributed by atoms with Crippen LogP contribution in [0.5, 0.6) is 28.7 Å². The highest BCUT2D eigenvalue weighted by Gasteiger charge is 2.19. The first-order valence-corrected chi connectivity index (χ1v) is 12.2. The van der Waals surface area contributed by atoms with Gasteiger partial charge in [0.1, 0.15) is 11.5 Å². The Morgan fingerprint density at radius 2 is 1.53 bits per heavy atom. The summed E-state index contributed by atoms with van der Waals surface area (Å²) < 4.78 is 28.8. The largest absolute Gasteiger partial charge is 0.497 e. The molecule has 3 aromatic carbocycles. The predicted octanol–water partition coefficient (Wildman–Crippen LogP) is 5.37. The van der Waals surface area contributed by atoms with Crippen molar-refractivity contribution in [3.63, 3.8) is 0 Å². The molecular formula is C26H25ClN2O6S. The van der Waals surface area contributed by atoms with E-state index in [9.17, 15) is 4.79 Å². The van der Waals surface area contributed by atoms with Crippen molar-refractivity contribution in [3.05, 3.63) is 69.5 Å². The molecule has 0 N–H and O–H groups in total. The summed E-state index contributed by atoms with van der Waals surface area (Å²) in [5, 5.41) is 1.33. The summed E-state index contributed by atoms with van der Waals surface area (Å²) in [6.45, 7) is 0. The Bertz CT molecular complexity index is 1450. The van der Waals surface area contributed by atoms with Crippen LogP contribution in [0.2, 0.25) is 5.02 Å². The average Bonchev–Trinajstić information content (AvgIpc) is 2.91. The standard InChI is InChI=1S/C26H25ClN2O6S/c1-31-17-7-9-20(21(13-17)32-2)29-25(30)18-12-16(27)6-8-19(18)28-26(29)36-14-15-10-22(33-3)24(35-5)23(11-15)34-4/h6-13H,14H2,1-5H3. The zero-order valence-corrected chi connectivity index (χ0v) is 22.0. The van der Waals surface area contributed by atoms with Gasteiger partial charge in [0, 0.05) is 16.8 Å². The number of ether oxygens (including phenoxy) is 5. The number of benzene rings is 3. The van der Waals surface area contributed by atoms with Crippen LogP contribution in [0.1, 0.15) is 5.56 Å². The van der Waals surface area contributed by atoms with E-state index >= 15 is 0 Å². The minimum absolute atomic E-state index is 0.265. The molecule has 1 aromatic heterocycles. The number of fused-ring (bicyclic) bond motifs is 1. The van der Waals surface area contributed by atoms with Gasteiger partial charge in [0.25, 0.3) is 5.56 Å². The van der Waals surface area contributed by atoms with E-state index in [0.717, 1.165) is 5.56 Å². The van der Waals surface area contributed by atoms with Crippen LogP contribution < -0.4 is 29.2 Å². The molecular weight excluding hydrogens is 504 g/mol. The van der Waals surface area contributed by atoms with Gasteiger partial charge >= 0.3 is 0 Å². The van der Waals surface area contributed by atoms with Crippen LogP contribution in [-0.2, 0) is 5.75 Å². The highest BCUT2D eigenvalue weighted by atomic mass is 35.5. The van der Waals surface area contributed by atoms with Crippen LogP contribution >= 0.6 is 23.4 Å². The van der Waals surface area contributed by atoms with Gasteiger partial charge in [-0.15, -0.1) is 0 Å². The fourth-order valence-electron chi connectivity index (χ4n) is 3.78. The van der Waals surface area contributed by atoms with E-state index in [2.05, 4.69) is 0 Å². The van der Waals surface area contributed by atoms with Crippen LogP contribution in [-0.4, -0.2) is 45.1 Å². The number of methoxy groups -OCH3 is 5. The number of nitrogens with zero attached hydrogens (tertiary/aromatic N) is 2. The van der Waals surface area contributed by atoms with Crippen LogP contribution in [0.25, 0.3) is 16.6 Å². The second-order valence-corrected chi connectivity index (χ2v) is 8.94. The summed E-state index contributed by atoms with van der Waals surface area (Å²) in [7, 11) is 7.80. The van der Waals surface area contributed by atoms with Gasteiger partial charge in [-0.3, -0.25) is 9.36 Å². The van der Waals surface area contributed by atoms with Gasteiger partial charge in [0.2, 0.25) is 5.75 Å². The first-order valence-electron chi connectivity index (χ1n) is 10.8. The smallest absolute Gasteiger partial charge is 0.266 e. The molecule has 0 radical (unpaired) electrons. The number of aromatic nitrogens is 2. The van der Waals surface area contributed by atoms with Crippen molar-refractivity contribution in [2.24, 2.45) is 0 Å². The molecule has 1 heterocycles. The van der Waals surface area contributed by atoms with E-state index < -0.39 is 0 Å². The summed E-state index contributed by atoms with van der Waals surface area (Å²) in [6, 6.07) is 14.0. The Labute approximate surface area is 217 Å². The minimum Gasteiger partial charge on any atom is -0.497 e. The maximum Gasteiger partial charge on any atom is 0.266 e. The van der Waals surface area contributed by atoms with Crippen LogP contribution in [0.3, 0.4) is 0 Å². The summed E-state index contributed by atoms with van der Waals surface area (Å²) in [5.74, 6) is 3.14. The lowest BCUT2D eigenvalue weighted by Gasteiger charge is -2.17. The van der Waals surface area contributed by atoms with Gasteiger partial charge in [0.15, 0.2) is 16.7 Å². The summed E-state index contributed by atoms with van der Waals surface area (Å²) in [4.78, 5) is 18.5. The molecule has 0 aliphatic carbocycles. The van der Waals surface area contributed by atoms with E-state index in [4.69, 9.17) is 40.3 Å². The van der Waals surface area contributed by atoms with Gasteiger partial charge < -0.3 is 23.7 Å². The molecule has 0 aliphatic heterocycles. The van der Waals surface area contributed by atoms with Crippen molar-refractivity contribution in [2.45, 2.75) is 10.9 Å². The van der Waals surface area contributed by atoms with Gasteiger partial charge in [-0.25, -0.2) is 4.98 Å². The van der Waals surface area contributed by atoms with Crippen molar-refractivity contribution >= 4 is 34.3 Å². The lowest BCUT2D eigenvalue weighted by atomic mass is 10.2. The Hall–Kier alpha value is -3.56. The molecule has 10 heteroatoms. The Kier molecular flexibility index (Phi) is 7.81. The monoisotopic (exact) mass is 528 g/mol. The highest BCUT2D eigenvalue weighted by molar-refractivity contribution is 7.98. The van der Waals surface area contributed by atoms with Crippen molar-refractivity contribution in [1.29, 1.82) is 0 Å². The van der Waals surface area contributed by atoms with Gasteiger partial charge in [-0.2, -0.15) is 0 Å². The molecule has 0 bridgehead atoms. The number of thioether (sulfide) groups is 1. The topological polar surface area (TPSA) is 81.0 Å². The fraction of sp³-hybridized carbons (Fsp3) is 0.231. The lowest BCUT2D eigenvalue weighted by Crippen LogP contribution is -2.22. The zero-order chi connectivity index (χ0) is 25.8. The third-order valence-electron chi connectivity index (χ3n) is 5.52. The molecule has 0 saturated heterocycles. The summed E-state index contributed by atoms with van der Waals surface area (Å²) >= 11 is 7.58. The number of hydrogen-bond acceptors (Lipinski definition) is 8. The van der Waals surface area contributed by atoms with Gasteiger partial charge in [-0.1, -0.05) is 23.4 Å². The Morgan fingerprint density at radius 1 is 0.833 bits per heavy atom. The quantitative estimate of drug-likeness (QED) is 0.212. The van der Waals surface area contributed by atoms with E-state index in [0.29, 0.717) is 61.3 Å². The summed E-state index contributed by atoms with van der Waals surface area (Å²) in [5.41, 5.74) is 1.71. The minimum atomic E-state index is -0.265. The molecule has 0 spiro atoms. The van der Waals surface area contributed by atoms with Gasteiger partial charge in [0.05, 0.1) is 52.1 Å². The first kappa shape index (κ1) is 25.5. The van der Waals surface area contributed by atoms with Crippen LogP contribution in [0, 0.1) is 0 Å². The first-order chi connectivity index (χ1) is 17.4. The molecule has 0 unspecified atom stereocenters. The second kappa shape index (κ2) is 11.0. The summed E-state index contributed by atoms with van der Waals surface area (Å²) in [6.07, 6.45) is 0. The van der Waals surface area contributed by atoms with Crippen LogP contribution in [0.4, 0.5) is 0 Å². The van der Waals surface area contributed by atoms with E-state index in [-0.39, 0.29) is 5.56 Å². The number of rotatable bonds is 9. The van der Waals surface area contributed by atoms with Crippen LogP contribution in [0.15, 0.2) is 58.5 Å². The maximum absolute atomic E-state index is 13.7. The number of hydrogen-bond donors (Lipinski definition) is 0. The van der Waals surface area contributed by atoms with Gasteiger partial charge in [-0.05, 0) is 48.0 Å². The average molecular weight is 529 g/mol. The Balaban J connectivity index is 1.86. The molecule has 36 heavy (non-hydrogen) atoms. The van der Waals surface area contributed by atoms with Crippen molar-refractivity contribution in [3.8, 4) is 34.4 Å². The van der Waals surface area contributed by atoms with E-state index in [1.165, 1.54) is 23.4 Å². The Morgan fingerprint density at radius 3 is 2.14 bits per heavy atom. The molecule has 0 saturated carbocycles. The van der Waals surface area contributed by atoms with Crippen molar-refractivity contribution in [2.75, 3.05) is 35.5 Å². The lowest BCUT2D eigenvalue weighted by molar-refractivity contribution is 0.324. The van der Waals surface area contributed by atoms with Crippen molar-refractivity contribution in [1.82, 2.24) is 9.55 Å². The highest BCUT2D eigenvalue weighted by Crippen LogP contribution is 2.40. The molecule has 4 aromatic rings. The molecule has 4 rings (SSSR count). The molecule has 0 fully saturated rings. The normalized spacial score (nSPS) is 10.8. The molecule has 0 aliphatic rings. The van der Waals surface area contributed by atoms with Crippen molar-refractivity contribution < 1.29 is 23.7 Å². The molecule has 0 atom stereocenters.